The minimum absolute atomic E-state index is 0.848. The molecular formula is C9N4O4. The van der Waals surface area contributed by atoms with Gasteiger partial charge in [0.1, 0.15) is 29.4 Å². The van der Waals surface area contributed by atoms with Gasteiger partial charge in [0, 0.05) is 0 Å². The molecular weight excluding hydrogens is 228 g/mol. The van der Waals surface area contributed by atoms with Crippen LogP contribution < -0.4 is 0 Å². The molecule has 0 aromatic heterocycles. The van der Waals surface area contributed by atoms with E-state index in [9.17, 15) is 19.7 Å². The normalized spacial score (nSPS) is 15.1. The topological polar surface area (TPSA) is 149 Å². The van der Waals surface area contributed by atoms with E-state index in [4.69, 9.17) is 15.8 Å². The fraction of sp³-hybridized carbons (Fsp3) is 0. The van der Waals surface area contributed by atoms with E-state index in [0.717, 1.165) is 0 Å². The lowest BCUT2D eigenvalue weighted by Gasteiger charge is -2.06. The maximum atomic E-state index is 11.4. The van der Waals surface area contributed by atoms with Gasteiger partial charge in [-0.05, 0) is 0 Å². The van der Waals surface area contributed by atoms with Gasteiger partial charge in [0.25, 0.3) is 5.78 Å². The second-order valence-corrected chi connectivity index (χ2v) is 2.72. The van der Waals surface area contributed by atoms with Crippen LogP contribution in [0.4, 0.5) is 0 Å². The van der Waals surface area contributed by atoms with Crippen molar-refractivity contribution in [3.05, 3.63) is 32.5 Å². The van der Waals surface area contributed by atoms with E-state index in [-0.39, 0.29) is 0 Å². The molecule has 1 aliphatic rings. The Balaban J connectivity index is 3.69. The van der Waals surface area contributed by atoms with Crippen LogP contribution in [0.5, 0.6) is 0 Å². The van der Waals surface area contributed by atoms with Crippen molar-refractivity contribution >= 4 is 11.6 Å². The van der Waals surface area contributed by atoms with Gasteiger partial charge < -0.3 is 0 Å². The number of hydrogen-bond donors (Lipinski definition) is 0. The Morgan fingerprint density at radius 1 is 0.882 bits per heavy atom. The molecule has 80 valence electrons. The molecule has 8 heteroatoms. The number of nitrogens with zero attached hydrogens (tertiary/aromatic N) is 4. The molecule has 0 unspecified atom stereocenters. The Hall–Kier alpha value is -3.31. The Bertz CT molecular complexity index is 648. The zero-order valence-corrected chi connectivity index (χ0v) is 7.92. The van der Waals surface area contributed by atoms with E-state index in [1.165, 1.54) is 18.2 Å². The number of rotatable bonds is 1. The first-order valence-electron chi connectivity index (χ1n) is 3.92. The summed E-state index contributed by atoms with van der Waals surface area (Å²) >= 11 is 0. The molecule has 0 bridgehead atoms. The van der Waals surface area contributed by atoms with Crippen LogP contribution in [0.3, 0.4) is 0 Å². The number of ketones is 2. The van der Waals surface area contributed by atoms with Crippen molar-refractivity contribution in [3.8, 4) is 18.2 Å². The largest absolute Gasteiger partial charge is 0.339 e. The van der Waals surface area contributed by atoms with Crippen LogP contribution >= 0.6 is 0 Å². The van der Waals surface area contributed by atoms with Gasteiger partial charge in [0.05, 0.1) is 4.92 Å². The Labute approximate surface area is 93.4 Å². The lowest BCUT2D eigenvalue weighted by atomic mass is 9.89. The highest BCUT2D eigenvalue weighted by Gasteiger charge is 2.42. The first-order valence-corrected chi connectivity index (χ1v) is 3.92. The van der Waals surface area contributed by atoms with E-state index in [0.29, 0.717) is 0 Å². The molecule has 0 amide bonds. The summed E-state index contributed by atoms with van der Waals surface area (Å²) in [6.07, 6.45) is 0. The molecule has 0 fully saturated rings. The van der Waals surface area contributed by atoms with Crippen LogP contribution in [0.2, 0.25) is 0 Å². The SMILES string of the molecule is N#CC1=C(C#N)C(=O)C([N+](=O)[O-])=C(C#N)C1=O. The lowest BCUT2D eigenvalue weighted by molar-refractivity contribution is -0.419. The molecule has 8 nitrogen and oxygen atoms in total. The summed E-state index contributed by atoms with van der Waals surface area (Å²) in [6.45, 7) is 0. The van der Waals surface area contributed by atoms with Gasteiger partial charge in [-0.15, -0.1) is 0 Å². The van der Waals surface area contributed by atoms with Crippen LogP contribution in [0.25, 0.3) is 0 Å². The summed E-state index contributed by atoms with van der Waals surface area (Å²) in [7, 11) is 0. The molecule has 0 saturated heterocycles. The third-order valence-electron chi connectivity index (χ3n) is 1.90. The van der Waals surface area contributed by atoms with Gasteiger partial charge in [-0.3, -0.25) is 19.7 Å². The van der Waals surface area contributed by atoms with Crippen LogP contribution in [-0.4, -0.2) is 16.5 Å². The predicted octanol–water partition coefficient (Wildman–Crippen LogP) is -0.464. The average Bonchev–Trinajstić information content (AvgIpc) is 2.29. The number of nitro groups is 1. The lowest BCUT2D eigenvalue weighted by Crippen LogP contribution is -2.26. The van der Waals surface area contributed by atoms with Gasteiger partial charge in [-0.25, -0.2) is 0 Å². The maximum Gasteiger partial charge on any atom is 0.339 e. The molecule has 0 spiro atoms. The first-order chi connectivity index (χ1) is 7.99. The Kier molecular flexibility index (Phi) is 2.80. The Morgan fingerprint density at radius 2 is 1.29 bits per heavy atom. The van der Waals surface area contributed by atoms with Gasteiger partial charge >= 0.3 is 5.70 Å². The van der Waals surface area contributed by atoms with E-state index < -0.39 is 38.9 Å². The third-order valence-corrected chi connectivity index (χ3v) is 1.90. The molecule has 0 radical (unpaired) electrons. The summed E-state index contributed by atoms with van der Waals surface area (Å²) in [6, 6.07) is 3.74. The average molecular weight is 228 g/mol. The zero-order chi connectivity index (χ0) is 13.2. The summed E-state index contributed by atoms with van der Waals surface area (Å²) in [5, 5.41) is 36.3. The molecule has 1 rings (SSSR count). The fourth-order valence-electron chi connectivity index (χ4n) is 1.18. The minimum Gasteiger partial charge on any atom is -0.287 e. The summed E-state index contributed by atoms with van der Waals surface area (Å²) in [5.41, 5.74) is -4.06. The van der Waals surface area contributed by atoms with Crippen LogP contribution in [0.15, 0.2) is 22.4 Å². The van der Waals surface area contributed by atoms with Crippen molar-refractivity contribution in [1.29, 1.82) is 15.8 Å². The second kappa shape index (κ2) is 4.05. The molecule has 0 aliphatic heterocycles. The van der Waals surface area contributed by atoms with Crippen LogP contribution in [-0.2, 0) is 9.59 Å². The molecule has 0 N–H and O–H groups in total. The van der Waals surface area contributed by atoms with Crippen LogP contribution in [0, 0.1) is 44.1 Å². The van der Waals surface area contributed by atoms with E-state index in [2.05, 4.69) is 0 Å². The number of carbonyl (C=O) groups excluding carboxylic acids is 2. The van der Waals surface area contributed by atoms with E-state index in [1.54, 1.807) is 0 Å². The first kappa shape index (κ1) is 11.8. The van der Waals surface area contributed by atoms with Crippen molar-refractivity contribution in [3.63, 3.8) is 0 Å². The predicted molar refractivity (Wildman–Crippen MR) is 47.9 cm³/mol. The summed E-state index contributed by atoms with van der Waals surface area (Å²) in [5.74, 6) is -2.68. The van der Waals surface area contributed by atoms with Gasteiger partial charge in [0.15, 0.2) is 5.57 Å². The number of carbonyl (C=O) groups is 2. The standard InChI is InChI=1S/C9N4O4/c10-1-4-5(2-11)9(15)7(13(16)17)6(3-12)8(4)14. The van der Waals surface area contributed by atoms with Crippen molar-refractivity contribution in [1.82, 2.24) is 0 Å². The van der Waals surface area contributed by atoms with Crippen molar-refractivity contribution in [2.75, 3.05) is 0 Å². The summed E-state index contributed by atoms with van der Waals surface area (Å²) < 4.78 is 0. The third kappa shape index (κ3) is 1.54. The van der Waals surface area contributed by atoms with E-state index >= 15 is 0 Å². The smallest absolute Gasteiger partial charge is 0.287 e. The van der Waals surface area contributed by atoms with E-state index in [1.807, 2.05) is 0 Å². The number of hydrogen-bond acceptors (Lipinski definition) is 7. The number of nitriles is 3. The number of Topliss-reactive ketones (excluding diaryl/α,β-unsaturated/α-hetero) is 2. The fourth-order valence-corrected chi connectivity index (χ4v) is 1.18. The minimum atomic E-state index is -1.40. The maximum absolute atomic E-state index is 11.4. The highest BCUT2D eigenvalue weighted by atomic mass is 16.6. The molecule has 0 saturated carbocycles. The van der Waals surface area contributed by atoms with Crippen molar-refractivity contribution < 1.29 is 14.5 Å². The van der Waals surface area contributed by atoms with Gasteiger partial charge in [-0.2, -0.15) is 15.8 Å². The van der Waals surface area contributed by atoms with Gasteiger partial charge in [0.2, 0.25) is 5.78 Å². The zero-order valence-electron chi connectivity index (χ0n) is 7.92. The molecule has 1 aliphatic carbocycles. The quantitative estimate of drug-likeness (QED) is 0.334. The van der Waals surface area contributed by atoms with Crippen molar-refractivity contribution in [2.45, 2.75) is 0 Å². The highest BCUT2D eigenvalue weighted by molar-refractivity contribution is 6.28. The number of allylic oxidation sites excluding steroid dienone is 3. The van der Waals surface area contributed by atoms with Crippen molar-refractivity contribution in [2.24, 2.45) is 0 Å². The van der Waals surface area contributed by atoms with Gasteiger partial charge in [-0.1, -0.05) is 0 Å². The molecule has 0 heterocycles. The summed E-state index contributed by atoms with van der Waals surface area (Å²) in [4.78, 5) is 32.2. The second-order valence-electron chi connectivity index (χ2n) is 2.72. The molecule has 0 aromatic rings. The molecule has 17 heavy (non-hydrogen) atoms. The monoisotopic (exact) mass is 228 g/mol. The molecule has 0 aromatic carbocycles. The highest BCUT2D eigenvalue weighted by Crippen LogP contribution is 2.24. The van der Waals surface area contributed by atoms with Crippen LogP contribution in [0.1, 0.15) is 0 Å². The Morgan fingerprint density at radius 3 is 1.65 bits per heavy atom. The molecule has 0 atom stereocenters.